The quantitative estimate of drug-likeness (QED) is 0.247. The maximum absolute atomic E-state index is 14.1. The third-order valence-corrected chi connectivity index (χ3v) is 9.06. The molecule has 0 radical (unpaired) electrons. The van der Waals surface area contributed by atoms with E-state index in [2.05, 4.69) is 5.32 Å². The van der Waals surface area contributed by atoms with Crippen LogP contribution in [-0.4, -0.2) is 56.1 Å². The first-order chi connectivity index (χ1) is 19.8. The molecule has 0 saturated carbocycles. The van der Waals surface area contributed by atoms with Crippen molar-refractivity contribution in [3.05, 3.63) is 83.4 Å². The number of thioether (sulfide) groups is 1. The lowest BCUT2D eigenvalue weighted by Crippen LogP contribution is -2.54. The topological polar surface area (TPSA) is 96.0 Å². The largest absolute Gasteiger partial charge is 0.492 e. The Morgan fingerprint density at radius 2 is 1.62 bits per heavy atom. The molecule has 0 aromatic heterocycles. The van der Waals surface area contributed by atoms with Crippen LogP contribution >= 0.6 is 23.4 Å². The molecule has 0 bridgehead atoms. The number of hydrogen-bond acceptors (Lipinski definition) is 6. The first kappa shape index (κ1) is 33.3. The summed E-state index contributed by atoms with van der Waals surface area (Å²) in [6.45, 7) is 8.79. The van der Waals surface area contributed by atoms with Crippen molar-refractivity contribution in [1.29, 1.82) is 0 Å². The van der Waals surface area contributed by atoms with Gasteiger partial charge in [-0.1, -0.05) is 35.9 Å². The molecule has 0 aliphatic heterocycles. The summed E-state index contributed by atoms with van der Waals surface area (Å²) in [7, 11) is -4.22. The van der Waals surface area contributed by atoms with Crippen LogP contribution in [0, 0.1) is 0 Å². The smallest absolute Gasteiger partial charge is 0.264 e. The van der Waals surface area contributed by atoms with E-state index < -0.39 is 34.1 Å². The first-order valence-electron chi connectivity index (χ1n) is 13.5. The zero-order chi connectivity index (χ0) is 31.1. The number of anilines is 1. The minimum absolute atomic E-state index is 0.0298. The summed E-state index contributed by atoms with van der Waals surface area (Å²) in [5, 5.41) is 3.45. The van der Waals surface area contributed by atoms with Crippen molar-refractivity contribution in [2.24, 2.45) is 0 Å². The summed E-state index contributed by atoms with van der Waals surface area (Å²) in [6, 6.07) is 19.2. The molecular weight excluding hydrogens is 594 g/mol. The molecule has 11 heteroatoms. The standard InChI is InChI=1S/C31H38ClN3O5S2/c1-7-40-28-11-9-8-10-27(28)35(42(38,39)26-18-16-25(41-6)17-19-26)21-29(36)34(20-23-12-14-24(32)15-13-23)22(2)30(37)33-31(3,4)5/h8-19,22H,7,20-21H2,1-6H3,(H,33,37)/t22-/m1/s1. The van der Waals surface area contributed by atoms with Crippen LogP contribution < -0.4 is 14.4 Å². The highest BCUT2D eigenvalue weighted by molar-refractivity contribution is 7.98. The van der Waals surface area contributed by atoms with Crippen molar-refractivity contribution in [3.8, 4) is 5.75 Å². The summed E-state index contributed by atoms with van der Waals surface area (Å²) in [5.74, 6) is -0.599. The highest BCUT2D eigenvalue weighted by Crippen LogP contribution is 2.33. The predicted molar refractivity (Wildman–Crippen MR) is 170 cm³/mol. The molecule has 1 atom stereocenters. The second kappa shape index (κ2) is 14.3. The zero-order valence-corrected chi connectivity index (χ0v) is 27.1. The maximum Gasteiger partial charge on any atom is 0.264 e. The van der Waals surface area contributed by atoms with Crippen LogP contribution in [0.3, 0.4) is 0 Å². The Hall–Kier alpha value is -3.21. The van der Waals surface area contributed by atoms with E-state index in [0.29, 0.717) is 17.4 Å². The summed E-state index contributed by atoms with van der Waals surface area (Å²) in [4.78, 5) is 29.7. The number of rotatable bonds is 12. The number of amides is 2. The Kier molecular flexibility index (Phi) is 11.3. The molecule has 1 N–H and O–H groups in total. The number of hydrogen-bond donors (Lipinski definition) is 1. The van der Waals surface area contributed by atoms with Crippen LogP contribution in [0.4, 0.5) is 5.69 Å². The number of nitrogens with one attached hydrogen (secondary N) is 1. The van der Waals surface area contributed by atoms with Crippen LogP contribution in [0.25, 0.3) is 0 Å². The van der Waals surface area contributed by atoms with E-state index in [0.717, 1.165) is 14.8 Å². The predicted octanol–water partition coefficient (Wildman–Crippen LogP) is 5.99. The summed E-state index contributed by atoms with van der Waals surface area (Å²) >= 11 is 7.56. The van der Waals surface area contributed by atoms with Crippen molar-refractivity contribution >= 4 is 50.9 Å². The van der Waals surface area contributed by atoms with Gasteiger partial charge in [-0.2, -0.15) is 0 Å². The fourth-order valence-electron chi connectivity index (χ4n) is 4.17. The SMILES string of the molecule is CCOc1ccccc1N(CC(=O)N(Cc1ccc(Cl)cc1)[C@H](C)C(=O)NC(C)(C)C)S(=O)(=O)c1ccc(SC)cc1. The van der Waals surface area contributed by atoms with Gasteiger partial charge in [0.15, 0.2) is 0 Å². The molecule has 0 aliphatic rings. The van der Waals surface area contributed by atoms with Gasteiger partial charge in [-0.15, -0.1) is 11.8 Å². The Morgan fingerprint density at radius 1 is 1.00 bits per heavy atom. The maximum atomic E-state index is 14.1. The van der Waals surface area contributed by atoms with Gasteiger partial charge in [0, 0.05) is 22.0 Å². The van der Waals surface area contributed by atoms with Gasteiger partial charge in [0.05, 0.1) is 17.2 Å². The van der Waals surface area contributed by atoms with Gasteiger partial charge < -0.3 is 15.0 Å². The molecule has 0 fully saturated rings. The van der Waals surface area contributed by atoms with Crippen molar-refractivity contribution < 1.29 is 22.7 Å². The molecule has 3 rings (SSSR count). The van der Waals surface area contributed by atoms with Gasteiger partial charge in [-0.3, -0.25) is 13.9 Å². The molecule has 42 heavy (non-hydrogen) atoms. The Bertz CT molecular complexity index is 1470. The van der Waals surface area contributed by atoms with Crippen molar-refractivity contribution in [1.82, 2.24) is 10.2 Å². The van der Waals surface area contributed by atoms with Gasteiger partial charge in [-0.05, 0) is 95.0 Å². The van der Waals surface area contributed by atoms with E-state index in [-0.39, 0.29) is 23.0 Å². The van der Waals surface area contributed by atoms with Crippen LogP contribution in [0.15, 0.2) is 82.6 Å². The number of halogens is 1. The molecule has 0 heterocycles. The summed E-state index contributed by atoms with van der Waals surface area (Å²) < 4.78 is 35.1. The second-order valence-corrected chi connectivity index (χ2v) is 13.8. The molecule has 226 valence electrons. The molecule has 0 unspecified atom stereocenters. The first-order valence-corrected chi connectivity index (χ1v) is 16.6. The van der Waals surface area contributed by atoms with E-state index in [4.69, 9.17) is 16.3 Å². The zero-order valence-electron chi connectivity index (χ0n) is 24.8. The Balaban J connectivity index is 2.09. The fraction of sp³-hybridized carbons (Fsp3) is 0.355. The molecule has 0 aliphatic carbocycles. The minimum atomic E-state index is -4.22. The number of carbonyl (C=O) groups excluding carboxylic acids is 2. The van der Waals surface area contributed by atoms with E-state index in [1.165, 1.54) is 28.8 Å². The number of benzene rings is 3. The Morgan fingerprint density at radius 3 is 2.19 bits per heavy atom. The number of para-hydroxylation sites is 2. The molecule has 3 aromatic carbocycles. The van der Waals surface area contributed by atoms with E-state index in [1.807, 2.05) is 27.0 Å². The molecule has 3 aromatic rings. The third kappa shape index (κ3) is 8.65. The Labute approximate surface area is 258 Å². The summed E-state index contributed by atoms with van der Waals surface area (Å²) in [5.41, 5.74) is 0.426. The van der Waals surface area contributed by atoms with Gasteiger partial charge in [0.2, 0.25) is 11.8 Å². The lowest BCUT2D eigenvalue weighted by Gasteiger charge is -2.33. The monoisotopic (exact) mass is 631 g/mol. The lowest BCUT2D eigenvalue weighted by molar-refractivity contribution is -0.140. The van der Waals surface area contributed by atoms with Gasteiger partial charge in [-0.25, -0.2) is 8.42 Å². The van der Waals surface area contributed by atoms with Gasteiger partial charge in [0.1, 0.15) is 18.3 Å². The number of sulfonamides is 1. The molecule has 0 saturated heterocycles. The third-order valence-electron chi connectivity index (χ3n) is 6.29. The number of nitrogens with zero attached hydrogens (tertiary/aromatic N) is 2. The van der Waals surface area contributed by atoms with Crippen molar-refractivity contribution in [2.75, 3.05) is 23.7 Å². The molecular formula is C31H38ClN3O5S2. The molecule has 8 nitrogen and oxygen atoms in total. The number of carbonyl (C=O) groups is 2. The van der Waals surface area contributed by atoms with Crippen LogP contribution in [-0.2, 0) is 26.2 Å². The van der Waals surface area contributed by atoms with Gasteiger partial charge in [0.25, 0.3) is 10.0 Å². The highest BCUT2D eigenvalue weighted by Gasteiger charge is 2.34. The van der Waals surface area contributed by atoms with Crippen molar-refractivity contribution in [2.45, 2.75) is 62.5 Å². The van der Waals surface area contributed by atoms with E-state index in [1.54, 1.807) is 74.5 Å². The van der Waals surface area contributed by atoms with Gasteiger partial charge >= 0.3 is 0 Å². The molecule has 2 amide bonds. The second-order valence-electron chi connectivity index (χ2n) is 10.7. The van der Waals surface area contributed by atoms with E-state index in [9.17, 15) is 18.0 Å². The average Bonchev–Trinajstić information content (AvgIpc) is 2.94. The normalized spacial score (nSPS) is 12.4. The lowest BCUT2D eigenvalue weighted by atomic mass is 10.1. The molecule has 0 spiro atoms. The fourth-order valence-corrected chi connectivity index (χ4v) is 6.13. The van der Waals surface area contributed by atoms with Crippen LogP contribution in [0.5, 0.6) is 5.75 Å². The average molecular weight is 632 g/mol. The van der Waals surface area contributed by atoms with Crippen molar-refractivity contribution in [3.63, 3.8) is 0 Å². The minimum Gasteiger partial charge on any atom is -0.492 e. The number of ether oxygens (including phenoxy) is 1. The van der Waals surface area contributed by atoms with Crippen LogP contribution in [0.2, 0.25) is 5.02 Å². The highest BCUT2D eigenvalue weighted by atomic mass is 35.5. The van der Waals surface area contributed by atoms with Crippen LogP contribution in [0.1, 0.15) is 40.2 Å². The van der Waals surface area contributed by atoms with E-state index >= 15 is 0 Å². The summed E-state index contributed by atoms with van der Waals surface area (Å²) in [6.07, 6.45) is 1.90.